The van der Waals surface area contributed by atoms with Gasteiger partial charge in [-0.05, 0) is 43.9 Å². The third kappa shape index (κ3) is 4.13. The van der Waals surface area contributed by atoms with Gasteiger partial charge >= 0.3 is 12.0 Å². The summed E-state index contributed by atoms with van der Waals surface area (Å²) in [5, 5.41) is 19.1. The largest absolute Gasteiger partial charge is 0.481 e. The van der Waals surface area contributed by atoms with Gasteiger partial charge in [0.15, 0.2) is 0 Å². The van der Waals surface area contributed by atoms with Gasteiger partial charge < -0.3 is 20.7 Å². The van der Waals surface area contributed by atoms with Crippen molar-refractivity contribution < 1.29 is 24.3 Å². The first-order chi connectivity index (χ1) is 13.7. The molecule has 9 nitrogen and oxygen atoms in total. The Balaban J connectivity index is 1.61. The highest BCUT2D eigenvalue weighted by molar-refractivity contribution is 6.07. The lowest BCUT2D eigenvalue weighted by atomic mass is 9.87. The van der Waals surface area contributed by atoms with E-state index in [4.69, 9.17) is 10.5 Å². The maximum absolute atomic E-state index is 12.8. The van der Waals surface area contributed by atoms with Gasteiger partial charge in [-0.3, -0.25) is 19.3 Å². The molecule has 2 aliphatic rings. The molecule has 2 aliphatic heterocycles. The lowest BCUT2D eigenvalue weighted by Crippen LogP contribution is -2.55. The predicted molar refractivity (Wildman–Crippen MR) is 104 cm³/mol. The molecule has 1 spiro atoms. The fraction of sp³-hybridized carbons (Fsp3) is 0.450. The third-order valence-electron chi connectivity index (χ3n) is 5.49. The van der Waals surface area contributed by atoms with Crippen LogP contribution in [0.25, 0.3) is 0 Å². The molecular formula is C20H24N4O5. The average molecular weight is 400 g/mol. The van der Waals surface area contributed by atoms with E-state index in [1.807, 2.05) is 0 Å². The van der Waals surface area contributed by atoms with Crippen LogP contribution in [0.3, 0.4) is 0 Å². The highest BCUT2D eigenvalue weighted by atomic mass is 16.4. The lowest BCUT2D eigenvalue weighted by Gasteiger charge is -2.37. The van der Waals surface area contributed by atoms with Crippen LogP contribution < -0.4 is 5.32 Å². The molecular weight excluding hydrogens is 376 g/mol. The molecule has 154 valence electrons. The molecule has 0 unspecified atom stereocenters. The van der Waals surface area contributed by atoms with Crippen molar-refractivity contribution in [2.24, 2.45) is 0 Å². The van der Waals surface area contributed by atoms with Crippen molar-refractivity contribution in [2.45, 2.75) is 38.1 Å². The number of carbonyl (C=O) groups is 4. The number of urea groups is 1. The predicted octanol–water partition coefficient (Wildman–Crippen LogP) is 1.47. The number of likely N-dealkylation sites (tertiary alicyclic amines) is 1. The number of carbonyl (C=O) groups excluding carboxylic acids is 3. The smallest absolute Gasteiger partial charge is 0.325 e. The maximum atomic E-state index is 12.8. The Hall–Kier alpha value is -3.23. The summed E-state index contributed by atoms with van der Waals surface area (Å²) in [6.07, 6.45) is 0.732. The second-order valence-electron chi connectivity index (χ2n) is 7.46. The summed E-state index contributed by atoms with van der Waals surface area (Å²) in [4.78, 5) is 51.1. The van der Waals surface area contributed by atoms with Gasteiger partial charge in [-0.1, -0.05) is 12.1 Å². The van der Waals surface area contributed by atoms with E-state index in [0.29, 0.717) is 37.2 Å². The molecule has 1 aromatic rings. The van der Waals surface area contributed by atoms with Gasteiger partial charge in [-0.15, -0.1) is 0 Å². The Morgan fingerprint density at radius 1 is 1.14 bits per heavy atom. The van der Waals surface area contributed by atoms with E-state index in [1.54, 1.807) is 36.1 Å². The summed E-state index contributed by atoms with van der Waals surface area (Å²) in [5.74, 6) is -1.46. The van der Waals surface area contributed by atoms with E-state index in [9.17, 15) is 19.2 Å². The van der Waals surface area contributed by atoms with Crippen molar-refractivity contribution >= 4 is 29.5 Å². The van der Waals surface area contributed by atoms with Gasteiger partial charge in [-0.25, -0.2) is 4.79 Å². The molecule has 0 radical (unpaired) electrons. The number of imide groups is 1. The molecule has 4 amide bonds. The normalized spacial score (nSPS) is 18.1. The van der Waals surface area contributed by atoms with Gasteiger partial charge in [0.1, 0.15) is 5.54 Å². The van der Waals surface area contributed by atoms with Crippen LogP contribution in [0.5, 0.6) is 0 Å². The Bertz CT molecular complexity index is 856. The fourth-order valence-corrected chi connectivity index (χ4v) is 3.74. The highest BCUT2D eigenvalue weighted by Gasteiger charge is 2.52. The number of amides is 4. The maximum Gasteiger partial charge on any atom is 0.325 e. The van der Waals surface area contributed by atoms with E-state index in [1.165, 1.54) is 0 Å². The van der Waals surface area contributed by atoms with Crippen LogP contribution in [0.2, 0.25) is 0 Å². The van der Waals surface area contributed by atoms with Crippen molar-refractivity contribution in [3.8, 4) is 0 Å². The van der Waals surface area contributed by atoms with Gasteiger partial charge in [0, 0.05) is 37.3 Å². The van der Waals surface area contributed by atoms with Crippen LogP contribution in [0.1, 0.15) is 48.5 Å². The Morgan fingerprint density at radius 2 is 1.72 bits per heavy atom. The first kappa shape index (κ1) is 20.5. The molecule has 29 heavy (non-hydrogen) atoms. The minimum absolute atomic E-state index is 0.0696. The van der Waals surface area contributed by atoms with Crippen molar-refractivity contribution in [1.82, 2.24) is 15.1 Å². The quantitative estimate of drug-likeness (QED) is 0.492. The number of piperidine rings is 1. The van der Waals surface area contributed by atoms with E-state index in [-0.39, 0.29) is 31.2 Å². The first-order valence-electron chi connectivity index (χ1n) is 9.54. The van der Waals surface area contributed by atoms with E-state index < -0.39 is 17.5 Å². The van der Waals surface area contributed by atoms with Crippen LogP contribution in [-0.4, -0.2) is 69.6 Å². The summed E-state index contributed by atoms with van der Waals surface area (Å²) >= 11 is 0. The van der Waals surface area contributed by atoms with E-state index >= 15 is 0 Å². The number of carboxylic acids is 1. The molecule has 0 aliphatic carbocycles. The zero-order chi connectivity index (χ0) is 21.2. The van der Waals surface area contributed by atoms with Crippen LogP contribution in [0.4, 0.5) is 4.79 Å². The van der Waals surface area contributed by atoms with Gasteiger partial charge in [-0.2, -0.15) is 0 Å². The van der Waals surface area contributed by atoms with E-state index in [2.05, 4.69) is 5.32 Å². The fourth-order valence-electron chi connectivity index (χ4n) is 3.74. The summed E-state index contributed by atoms with van der Waals surface area (Å²) in [7, 11) is 0. The highest BCUT2D eigenvalue weighted by Crippen LogP contribution is 2.30. The Morgan fingerprint density at radius 3 is 2.28 bits per heavy atom. The number of rotatable bonds is 6. The topological polar surface area (TPSA) is 131 Å². The zero-order valence-electron chi connectivity index (χ0n) is 16.2. The van der Waals surface area contributed by atoms with Crippen molar-refractivity contribution in [2.75, 3.05) is 19.6 Å². The van der Waals surface area contributed by atoms with Crippen LogP contribution in [-0.2, 0) is 9.59 Å². The molecule has 3 rings (SSSR count). The lowest BCUT2D eigenvalue weighted by molar-refractivity contribution is -0.138. The second-order valence-corrected chi connectivity index (χ2v) is 7.46. The number of nitrogens with one attached hydrogen (secondary N) is 2. The van der Waals surface area contributed by atoms with E-state index in [0.717, 1.165) is 10.5 Å². The number of benzene rings is 1. The molecule has 3 N–H and O–H groups in total. The van der Waals surface area contributed by atoms with Gasteiger partial charge in [0.25, 0.3) is 11.8 Å². The third-order valence-corrected chi connectivity index (χ3v) is 5.49. The number of hydrogen-bond acceptors (Lipinski definition) is 5. The summed E-state index contributed by atoms with van der Waals surface area (Å²) in [5.41, 5.74) is 0.676. The second kappa shape index (κ2) is 8.02. The van der Waals surface area contributed by atoms with Gasteiger partial charge in [0.2, 0.25) is 0 Å². The SMILES string of the molecule is CC(=N)c1ccc(C(=O)N2CCC3(CC2)NC(=O)N(CCCC(=O)O)C3=O)cc1. The van der Waals surface area contributed by atoms with Crippen molar-refractivity contribution in [3.63, 3.8) is 0 Å². The minimum atomic E-state index is -1.02. The first-order valence-corrected chi connectivity index (χ1v) is 9.54. The van der Waals surface area contributed by atoms with Crippen LogP contribution in [0.15, 0.2) is 24.3 Å². The van der Waals surface area contributed by atoms with Crippen molar-refractivity contribution in [1.29, 1.82) is 5.41 Å². The number of carboxylic acid groups (broad SMARTS) is 1. The standard InChI is InChI=1S/C20H24N4O5/c1-13(21)14-4-6-15(7-5-14)17(27)23-11-8-20(9-12-23)18(28)24(19(29)22-20)10-2-3-16(25)26/h4-7,21H,2-3,8-12H2,1H3,(H,22,29)(H,25,26). The molecule has 1 aromatic carbocycles. The molecule has 2 saturated heterocycles. The van der Waals surface area contributed by atoms with Crippen LogP contribution in [0, 0.1) is 5.41 Å². The summed E-state index contributed by atoms with van der Waals surface area (Å²) in [6, 6.07) is 6.34. The Labute approximate surface area is 168 Å². The average Bonchev–Trinajstić information content (AvgIpc) is 2.92. The Kier molecular flexibility index (Phi) is 5.67. The number of aliphatic carboxylic acids is 1. The molecule has 2 fully saturated rings. The van der Waals surface area contributed by atoms with Crippen LogP contribution >= 0.6 is 0 Å². The number of nitrogens with zero attached hydrogens (tertiary/aromatic N) is 2. The molecule has 2 heterocycles. The van der Waals surface area contributed by atoms with Gasteiger partial charge in [0.05, 0.1) is 0 Å². The minimum Gasteiger partial charge on any atom is -0.481 e. The summed E-state index contributed by atoms with van der Waals surface area (Å²) in [6.45, 7) is 2.41. The van der Waals surface area contributed by atoms with Crippen molar-refractivity contribution in [3.05, 3.63) is 35.4 Å². The molecule has 9 heteroatoms. The summed E-state index contributed by atoms with van der Waals surface area (Å²) < 4.78 is 0. The number of hydrogen-bond donors (Lipinski definition) is 3. The molecule has 0 aromatic heterocycles. The monoisotopic (exact) mass is 400 g/mol. The zero-order valence-corrected chi connectivity index (χ0v) is 16.2. The molecule has 0 saturated carbocycles. The molecule has 0 bridgehead atoms. The molecule has 0 atom stereocenters.